The van der Waals surface area contributed by atoms with Gasteiger partial charge in [-0.2, -0.15) is 0 Å². The minimum atomic E-state index is -0.314. The molecule has 3 aromatic rings. The summed E-state index contributed by atoms with van der Waals surface area (Å²) in [4.78, 5) is 14.7. The Labute approximate surface area is 171 Å². The van der Waals surface area contributed by atoms with E-state index < -0.39 is 0 Å². The van der Waals surface area contributed by atoms with Gasteiger partial charge in [-0.3, -0.25) is 4.90 Å². The van der Waals surface area contributed by atoms with E-state index in [9.17, 15) is 4.79 Å². The molecule has 1 fully saturated rings. The molecule has 5 nitrogen and oxygen atoms in total. The second kappa shape index (κ2) is 8.87. The molecule has 0 N–H and O–H groups in total. The van der Waals surface area contributed by atoms with Gasteiger partial charge in [0.05, 0.1) is 19.4 Å². The fraction of sp³-hybridized carbons (Fsp3) is 0.458. The second-order valence-corrected chi connectivity index (χ2v) is 8.00. The van der Waals surface area contributed by atoms with E-state index >= 15 is 0 Å². The quantitative estimate of drug-likeness (QED) is 0.504. The molecule has 1 aromatic carbocycles. The molecule has 1 saturated carbocycles. The number of fused-ring (bicyclic) bond motifs is 1. The zero-order valence-corrected chi connectivity index (χ0v) is 17.2. The van der Waals surface area contributed by atoms with E-state index in [4.69, 9.17) is 13.6 Å². The van der Waals surface area contributed by atoms with Crippen molar-refractivity contribution < 1.29 is 13.6 Å². The van der Waals surface area contributed by atoms with Gasteiger partial charge in [0, 0.05) is 24.0 Å². The van der Waals surface area contributed by atoms with Gasteiger partial charge >= 0.3 is 5.63 Å². The lowest BCUT2D eigenvalue weighted by Gasteiger charge is -2.38. The summed E-state index contributed by atoms with van der Waals surface area (Å²) < 4.78 is 16.8. The van der Waals surface area contributed by atoms with Crippen LogP contribution in [0.25, 0.3) is 11.0 Å². The van der Waals surface area contributed by atoms with Crippen LogP contribution in [-0.4, -0.2) is 17.5 Å². The first-order valence-electron chi connectivity index (χ1n) is 10.6. The molecule has 1 aliphatic carbocycles. The van der Waals surface area contributed by atoms with Crippen molar-refractivity contribution >= 4 is 11.0 Å². The lowest BCUT2D eigenvalue weighted by molar-refractivity contribution is 0.0903. The van der Waals surface area contributed by atoms with E-state index in [1.165, 1.54) is 25.7 Å². The average Bonchev–Trinajstić information content (AvgIpc) is 3.21. The summed E-state index contributed by atoms with van der Waals surface area (Å²) in [6.07, 6.45) is 6.67. The largest absolute Gasteiger partial charge is 0.494 e. The molecule has 0 bridgehead atoms. The van der Waals surface area contributed by atoms with Crippen LogP contribution >= 0.6 is 0 Å². The predicted molar refractivity (Wildman–Crippen MR) is 113 cm³/mol. The van der Waals surface area contributed by atoms with Crippen molar-refractivity contribution in [2.75, 3.05) is 6.61 Å². The highest BCUT2D eigenvalue weighted by molar-refractivity contribution is 5.81. The Kier molecular flexibility index (Phi) is 6.05. The summed E-state index contributed by atoms with van der Waals surface area (Å²) in [5, 5.41) is 0.934. The Morgan fingerprint density at radius 1 is 1.14 bits per heavy atom. The predicted octanol–water partition coefficient (Wildman–Crippen LogP) is 5.37. The summed E-state index contributed by atoms with van der Waals surface area (Å²) in [5.41, 5.74) is 1.26. The number of rotatable bonds is 7. The average molecular weight is 395 g/mol. The zero-order valence-electron chi connectivity index (χ0n) is 17.2. The van der Waals surface area contributed by atoms with Crippen LogP contribution in [0.2, 0.25) is 0 Å². The first-order chi connectivity index (χ1) is 14.1. The van der Waals surface area contributed by atoms with Crippen molar-refractivity contribution in [3.05, 3.63) is 64.4 Å². The van der Waals surface area contributed by atoms with E-state index in [-0.39, 0.29) is 5.63 Å². The number of hydrogen-bond donors (Lipinski definition) is 0. The third kappa shape index (κ3) is 4.56. The van der Waals surface area contributed by atoms with E-state index in [0.29, 0.717) is 30.7 Å². The molecule has 4 rings (SSSR count). The van der Waals surface area contributed by atoms with Crippen LogP contribution in [0, 0.1) is 5.92 Å². The van der Waals surface area contributed by atoms with Gasteiger partial charge in [0.25, 0.3) is 0 Å². The van der Waals surface area contributed by atoms with Crippen molar-refractivity contribution in [3.8, 4) is 5.75 Å². The van der Waals surface area contributed by atoms with Crippen molar-refractivity contribution in [3.63, 3.8) is 0 Å². The highest BCUT2D eigenvalue weighted by Gasteiger charge is 2.28. The standard InChI is InChI=1S/C24H29NO4/c1-3-27-19-10-11-23-21(14-19)18(13-24(26)29-23)15-25(16-20-8-6-12-28-20)22-9-5-4-7-17(22)2/h6,8,10-14,17,22H,3-5,7,9,15-16H2,1-2H3. The van der Waals surface area contributed by atoms with Gasteiger partial charge < -0.3 is 13.6 Å². The van der Waals surface area contributed by atoms with Gasteiger partial charge in [0.1, 0.15) is 17.1 Å². The van der Waals surface area contributed by atoms with Crippen molar-refractivity contribution in [1.29, 1.82) is 0 Å². The third-order valence-corrected chi connectivity index (χ3v) is 5.96. The van der Waals surface area contributed by atoms with Gasteiger partial charge in [-0.1, -0.05) is 19.8 Å². The second-order valence-electron chi connectivity index (χ2n) is 8.00. The van der Waals surface area contributed by atoms with Crippen molar-refractivity contribution in [2.45, 2.75) is 58.7 Å². The Balaban J connectivity index is 1.71. The lowest BCUT2D eigenvalue weighted by Crippen LogP contribution is -2.40. The fourth-order valence-corrected chi connectivity index (χ4v) is 4.55. The molecule has 0 spiro atoms. The molecule has 29 heavy (non-hydrogen) atoms. The Morgan fingerprint density at radius 2 is 2.00 bits per heavy atom. The first kappa shape index (κ1) is 19.8. The number of benzene rings is 1. The van der Waals surface area contributed by atoms with Gasteiger partial charge in [-0.25, -0.2) is 4.79 Å². The molecular formula is C24H29NO4. The molecule has 0 radical (unpaired) electrons. The van der Waals surface area contributed by atoms with E-state index in [1.807, 2.05) is 37.3 Å². The van der Waals surface area contributed by atoms with Crippen LogP contribution in [0.15, 0.2) is 56.3 Å². The summed E-state index contributed by atoms with van der Waals surface area (Å²) in [7, 11) is 0. The molecule has 2 aromatic heterocycles. The molecule has 2 atom stereocenters. The lowest BCUT2D eigenvalue weighted by atomic mass is 9.84. The molecule has 154 valence electrons. The van der Waals surface area contributed by atoms with Gasteiger partial charge in [0.15, 0.2) is 0 Å². The zero-order chi connectivity index (χ0) is 20.2. The van der Waals surface area contributed by atoms with Crippen LogP contribution in [0.1, 0.15) is 50.9 Å². The van der Waals surface area contributed by atoms with E-state index in [0.717, 1.165) is 29.0 Å². The number of furan rings is 1. The maximum atomic E-state index is 12.2. The first-order valence-corrected chi connectivity index (χ1v) is 10.6. The summed E-state index contributed by atoms with van der Waals surface area (Å²) in [5.74, 6) is 2.35. The Morgan fingerprint density at radius 3 is 2.76 bits per heavy atom. The van der Waals surface area contributed by atoms with Crippen LogP contribution in [-0.2, 0) is 13.1 Å². The summed E-state index contributed by atoms with van der Waals surface area (Å²) in [6.45, 7) is 6.31. The maximum absolute atomic E-state index is 12.2. The van der Waals surface area contributed by atoms with Gasteiger partial charge in [-0.15, -0.1) is 0 Å². The highest BCUT2D eigenvalue weighted by atomic mass is 16.5. The normalized spacial score (nSPS) is 19.7. The fourth-order valence-electron chi connectivity index (χ4n) is 4.55. The minimum absolute atomic E-state index is 0.314. The molecule has 0 aliphatic heterocycles. The Bertz CT molecular complexity index is 992. The van der Waals surface area contributed by atoms with Crippen LogP contribution in [0.5, 0.6) is 5.75 Å². The molecule has 2 heterocycles. The molecular weight excluding hydrogens is 366 g/mol. The van der Waals surface area contributed by atoms with Gasteiger partial charge in [0.2, 0.25) is 0 Å². The number of ether oxygens (including phenoxy) is 1. The molecule has 0 saturated heterocycles. The van der Waals surface area contributed by atoms with Crippen LogP contribution < -0.4 is 10.4 Å². The number of hydrogen-bond acceptors (Lipinski definition) is 5. The van der Waals surface area contributed by atoms with Crippen molar-refractivity contribution in [1.82, 2.24) is 4.90 Å². The molecule has 2 unspecified atom stereocenters. The van der Waals surface area contributed by atoms with Crippen LogP contribution in [0.4, 0.5) is 0 Å². The maximum Gasteiger partial charge on any atom is 0.336 e. The molecule has 0 amide bonds. The number of nitrogens with zero attached hydrogens (tertiary/aromatic N) is 1. The SMILES string of the molecule is CCOc1ccc2oc(=O)cc(CN(Cc3ccco3)C3CCCCC3C)c2c1. The van der Waals surface area contributed by atoms with Crippen molar-refractivity contribution in [2.24, 2.45) is 5.92 Å². The smallest absolute Gasteiger partial charge is 0.336 e. The topological polar surface area (TPSA) is 55.8 Å². The molecule has 1 aliphatic rings. The minimum Gasteiger partial charge on any atom is -0.494 e. The third-order valence-electron chi connectivity index (χ3n) is 5.96. The molecule has 5 heteroatoms. The summed E-state index contributed by atoms with van der Waals surface area (Å²) in [6, 6.07) is 11.7. The summed E-state index contributed by atoms with van der Waals surface area (Å²) >= 11 is 0. The van der Waals surface area contributed by atoms with Gasteiger partial charge in [-0.05, 0) is 61.6 Å². The van der Waals surface area contributed by atoms with E-state index in [1.54, 1.807) is 12.3 Å². The van der Waals surface area contributed by atoms with Crippen LogP contribution in [0.3, 0.4) is 0 Å². The highest BCUT2D eigenvalue weighted by Crippen LogP contribution is 2.32. The van der Waals surface area contributed by atoms with E-state index in [2.05, 4.69) is 11.8 Å². The Hall–Kier alpha value is -2.53. The monoisotopic (exact) mass is 395 g/mol.